The largest absolute Gasteiger partial charge is 0.359 e. The van der Waals surface area contributed by atoms with Crippen molar-refractivity contribution in [3.8, 4) is 11.1 Å². The van der Waals surface area contributed by atoms with Crippen LogP contribution in [0.1, 0.15) is 48.7 Å². The van der Waals surface area contributed by atoms with Crippen molar-refractivity contribution in [2.75, 3.05) is 20.1 Å². The van der Waals surface area contributed by atoms with Gasteiger partial charge >= 0.3 is 0 Å². The van der Waals surface area contributed by atoms with Crippen molar-refractivity contribution in [2.45, 2.75) is 39.2 Å². The summed E-state index contributed by atoms with van der Waals surface area (Å²) in [6.07, 6.45) is 5.53. The maximum absolute atomic E-state index is 13.3. The molecule has 1 aromatic heterocycles. The van der Waals surface area contributed by atoms with Gasteiger partial charge < -0.3 is 10.2 Å². The molecule has 0 radical (unpaired) electrons. The van der Waals surface area contributed by atoms with Crippen molar-refractivity contribution in [3.63, 3.8) is 0 Å². The molecule has 1 fully saturated rings. The third-order valence-electron chi connectivity index (χ3n) is 6.58. The van der Waals surface area contributed by atoms with Gasteiger partial charge in [0.15, 0.2) is 0 Å². The van der Waals surface area contributed by atoms with E-state index < -0.39 is 5.41 Å². The lowest BCUT2D eigenvalue weighted by molar-refractivity contribution is -0.133. The van der Waals surface area contributed by atoms with Gasteiger partial charge in [-0.3, -0.25) is 14.3 Å². The molecule has 1 aliphatic rings. The van der Waals surface area contributed by atoms with E-state index in [4.69, 9.17) is 0 Å². The summed E-state index contributed by atoms with van der Waals surface area (Å²) in [4.78, 5) is 28.4. The number of amides is 2. The van der Waals surface area contributed by atoms with Gasteiger partial charge in [0.25, 0.3) is 5.91 Å². The summed E-state index contributed by atoms with van der Waals surface area (Å²) in [5.74, 6) is -0.0769. The maximum atomic E-state index is 13.3. The standard InChI is InChI=1S/C27H32N4O2/c1-20(2)31-18-23(17-29-31)25(32)30-15-9-14-27(19-30,26(33)28-3)16-22-12-7-8-13-24(22)21-10-5-4-6-11-21/h4-8,10-13,17-18,20H,9,14-16,19H2,1-3H3,(H,28,33)/t27-/m0/s1. The number of hydrogen-bond donors (Lipinski definition) is 1. The number of likely N-dealkylation sites (tertiary alicyclic amines) is 1. The molecule has 0 unspecified atom stereocenters. The van der Waals surface area contributed by atoms with Gasteiger partial charge in [0.05, 0.1) is 17.2 Å². The lowest BCUT2D eigenvalue weighted by Gasteiger charge is -2.42. The number of aromatic nitrogens is 2. The van der Waals surface area contributed by atoms with Gasteiger partial charge in [-0.2, -0.15) is 5.10 Å². The fourth-order valence-electron chi connectivity index (χ4n) is 4.83. The van der Waals surface area contributed by atoms with Crippen molar-refractivity contribution in [2.24, 2.45) is 5.41 Å². The highest BCUT2D eigenvalue weighted by Gasteiger charge is 2.43. The average molecular weight is 445 g/mol. The van der Waals surface area contributed by atoms with E-state index in [2.05, 4.69) is 34.7 Å². The fraction of sp³-hybridized carbons (Fsp3) is 0.370. The molecule has 2 amide bonds. The first-order chi connectivity index (χ1) is 15.9. The van der Waals surface area contributed by atoms with Crippen LogP contribution in [0.25, 0.3) is 11.1 Å². The van der Waals surface area contributed by atoms with E-state index in [1.165, 1.54) is 0 Å². The van der Waals surface area contributed by atoms with E-state index in [1.54, 1.807) is 24.1 Å². The molecule has 33 heavy (non-hydrogen) atoms. The SMILES string of the molecule is CNC(=O)[C@]1(Cc2ccccc2-c2ccccc2)CCCN(C(=O)c2cnn(C(C)C)c2)C1. The van der Waals surface area contributed by atoms with Crippen molar-refractivity contribution in [1.82, 2.24) is 20.0 Å². The van der Waals surface area contributed by atoms with Crippen molar-refractivity contribution >= 4 is 11.8 Å². The molecule has 4 rings (SSSR count). The third-order valence-corrected chi connectivity index (χ3v) is 6.58. The van der Waals surface area contributed by atoms with Crippen LogP contribution in [0.4, 0.5) is 0 Å². The summed E-state index contributed by atoms with van der Waals surface area (Å²) in [5.41, 5.74) is 3.27. The summed E-state index contributed by atoms with van der Waals surface area (Å²) in [7, 11) is 1.68. The normalized spacial score (nSPS) is 18.4. The Morgan fingerprint density at radius 2 is 1.82 bits per heavy atom. The lowest BCUT2D eigenvalue weighted by atomic mass is 9.73. The molecule has 6 heteroatoms. The Balaban J connectivity index is 1.64. The van der Waals surface area contributed by atoms with Crippen molar-refractivity contribution < 1.29 is 9.59 Å². The molecule has 0 spiro atoms. The first-order valence-corrected chi connectivity index (χ1v) is 11.6. The summed E-state index contributed by atoms with van der Waals surface area (Å²) < 4.78 is 1.79. The first kappa shape index (κ1) is 22.8. The highest BCUT2D eigenvalue weighted by molar-refractivity contribution is 5.94. The second-order valence-electron chi connectivity index (χ2n) is 9.19. The van der Waals surface area contributed by atoms with Crippen LogP contribution >= 0.6 is 0 Å². The van der Waals surface area contributed by atoms with Gasteiger partial charge in [-0.15, -0.1) is 0 Å². The first-order valence-electron chi connectivity index (χ1n) is 11.6. The number of carbonyl (C=O) groups excluding carboxylic acids is 2. The van der Waals surface area contributed by atoms with Crippen LogP contribution in [0.5, 0.6) is 0 Å². The summed E-state index contributed by atoms with van der Waals surface area (Å²) in [6.45, 7) is 5.10. The van der Waals surface area contributed by atoms with E-state index in [9.17, 15) is 9.59 Å². The van der Waals surface area contributed by atoms with Gasteiger partial charge in [-0.05, 0) is 49.8 Å². The number of carbonyl (C=O) groups is 2. The molecule has 1 N–H and O–H groups in total. The van der Waals surface area contributed by atoms with Gasteiger partial charge in [-0.25, -0.2) is 0 Å². The molecule has 3 aromatic rings. The van der Waals surface area contributed by atoms with Gasteiger partial charge in [0.2, 0.25) is 5.91 Å². The number of benzene rings is 2. The van der Waals surface area contributed by atoms with Crippen LogP contribution in [0.2, 0.25) is 0 Å². The molecular formula is C27H32N4O2. The Kier molecular flexibility index (Phi) is 6.63. The molecule has 0 aliphatic carbocycles. The fourth-order valence-corrected chi connectivity index (χ4v) is 4.83. The number of nitrogens with zero attached hydrogens (tertiary/aromatic N) is 3. The summed E-state index contributed by atoms with van der Waals surface area (Å²) >= 11 is 0. The lowest BCUT2D eigenvalue weighted by Crippen LogP contribution is -2.54. The van der Waals surface area contributed by atoms with E-state index in [0.29, 0.717) is 25.1 Å². The maximum Gasteiger partial charge on any atom is 0.257 e. The second kappa shape index (κ2) is 9.61. The molecule has 1 saturated heterocycles. The molecule has 0 bridgehead atoms. The number of nitrogens with one attached hydrogen (secondary N) is 1. The minimum atomic E-state index is -0.679. The minimum absolute atomic E-state index is 0.0132. The Hall–Kier alpha value is -3.41. The molecule has 2 heterocycles. The Bertz CT molecular complexity index is 1120. The Morgan fingerprint density at radius 1 is 1.09 bits per heavy atom. The Labute approximate surface area is 195 Å². The Morgan fingerprint density at radius 3 is 2.52 bits per heavy atom. The molecule has 2 aromatic carbocycles. The molecule has 1 aliphatic heterocycles. The summed E-state index contributed by atoms with van der Waals surface area (Å²) in [6, 6.07) is 18.7. The van der Waals surface area contributed by atoms with E-state index in [-0.39, 0.29) is 17.9 Å². The van der Waals surface area contributed by atoms with Gasteiger partial charge in [0, 0.05) is 32.4 Å². The minimum Gasteiger partial charge on any atom is -0.359 e. The van der Waals surface area contributed by atoms with Crippen LogP contribution in [0.3, 0.4) is 0 Å². The average Bonchev–Trinajstić information content (AvgIpc) is 3.35. The van der Waals surface area contributed by atoms with Crippen LogP contribution in [-0.4, -0.2) is 46.6 Å². The van der Waals surface area contributed by atoms with Crippen molar-refractivity contribution in [3.05, 3.63) is 78.1 Å². The monoisotopic (exact) mass is 444 g/mol. The highest BCUT2D eigenvalue weighted by Crippen LogP contribution is 2.37. The number of rotatable bonds is 6. The topological polar surface area (TPSA) is 67.2 Å². The molecule has 6 nitrogen and oxygen atoms in total. The molecule has 0 saturated carbocycles. The van der Waals surface area contributed by atoms with Crippen LogP contribution in [0.15, 0.2) is 67.0 Å². The van der Waals surface area contributed by atoms with E-state index >= 15 is 0 Å². The van der Waals surface area contributed by atoms with Crippen LogP contribution < -0.4 is 5.32 Å². The third kappa shape index (κ3) is 4.70. The quantitative estimate of drug-likeness (QED) is 0.615. The summed E-state index contributed by atoms with van der Waals surface area (Å²) in [5, 5.41) is 7.20. The number of hydrogen-bond acceptors (Lipinski definition) is 3. The predicted octanol–water partition coefficient (Wildman–Crippen LogP) is 4.34. The number of piperidine rings is 1. The van der Waals surface area contributed by atoms with Crippen LogP contribution in [-0.2, 0) is 11.2 Å². The molecular weight excluding hydrogens is 412 g/mol. The zero-order chi connectivity index (χ0) is 23.4. The zero-order valence-electron chi connectivity index (χ0n) is 19.6. The van der Waals surface area contributed by atoms with E-state index in [0.717, 1.165) is 29.5 Å². The van der Waals surface area contributed by atoms with Crippen molar-refractivity contribution in [1.29, 1.82) is 0 Å². The second-order valence-corrected chi connectivity index (χ2v) is 9.19. The van der Waals surface area contributed by atoms with Gasteiger partial charge in [-0.1, -0.05) is 54.6 Å². The molecule has 1 atom stereocenters. The highest BCUT2D eigenvalue weighted by atomic mass is 16.2. The van der Waals surface area contributed by atoms with E-state index in [1.807, 2.05) is 49.1 Å². The van der Waals surface area contributed by atoms with Crippen LogP contribution in [0, 0.1) is 5.41 Å². The van der Waals surface area contributed by atoms with Gasteiger partial charge in [0.1, 0.15) is 0 Å². The molecule has 172 valence electrons. The predicted molar refractivity (Wildman–Crippen MR) is 130 cm³/mol. The zero-order valence-corrected chi connectivity index (χ0v) is 19.6. The smallest absolute Gasteiger partial charge is 0.257 e.